The monoisotopic (exact) mass is 316 g/mol. The number of hydrogen-bond donors (Lipinski definition) is 1. The fourth-order valence-corrected chi connectivity index (χ4v) is 4.83. The Labute approximate surface area is 136 Å². The van der Waals surface area contributed by atoms with E-state index in [9.17, 15) is 9.90 Å². The SMILES string of the molecule is CCOC(=O)N1[C@H]2C[C@@H]3C[C@H]1[C@H](O)C2N(Cc1ccccc1)C3. The first-order valence-electron chi connectivity index (χ1n) is 8.60. The molecular formula is C18H24N2O3. The number of aliphatic hydroxyl groups is 1. The van der Waals surface area contributed by atoms with Crippen molar-refractivity contribution in [3.05, 3.63) is 35.9 Å². The number of likely N-dealkylation sites (tertiary alicyclic amines) is 1. The summed E-state index contributed by atoms with van der Waals surface area (Å²) in [7, 11) is 0. The molecule has 3 bridgehead atoms. The van der Waals surface area contributed by atoms with E-state index in [0.29, 0.717) is 12.5 Å². The lowest BCUT2D eigenvalue weighted by Gasteiger charge is -2.46. The number of hydrogen-bond acceptors (Lipinski definition) is 4. The molecule has 0 radical (unpaired) electrons. The Bertz CT molecular complexity index is 579. The van der Waals surface area contributed by atoms with Crippen LogP contribution in [0.3, 0.4) is 0 Å². The van der Waals surface area contributed by atoms with Crippen molar-refractivity contribution in [2.75, 3.05) is 13.2 Å². The highest BCUT2D eigenvalue weighted by molar-refractivity contribution is 5.70. The molecule has 23 heavy (non-hydrogen) atoms. The molecule has 5 atom stereocenters. The number of benzene rings is 1. The molecule has 1 amide bonds. The van der Waals surface area contributed by atoms with Crippen molar-refractivity contribution < 1.29 is 14.6 Å². The van der Waals surface area contributed by atoms with Gasteiger partial charge in [0.15, 0.2) is 0 Å². The third kappa shape index (κ3) is 2.42. The van der Waals surface area contributed by atoms with E-state index in [2.05, 4.69) is 17.0 Å². The zero-order valence-electron chi connectivity index (χ0n) is 13.5. The van der Waals surface area contributed by atoms with Crippen molar-refractivity contribution in [1.82, 2.24) is 9.80 Å². The van der Waals surface area contributed by atoms with Crippen LogP contribution < -0.4 is 0 Å². The van der Waals surface area contributed by atoms with E-state index < -0.39 is 6.10 Å². The molecular weight excluding hydrogens is 292 g/mol. The summed E-state index contributed by atoms with van der Waals surface area (Å²) in [6.45, 7) is 4.06. The van der Waals surface area contributed by atoms with E-state index in [1.54, 1.807) is 0 Å². The van der Waals surface area contributed by atoms with Crippen LogP contribution in [0, 0.1) is 5.92 Å². The molecule has 1 aromatic rings. The number of fused-ring (bicyclic) bond motifs is 2. The maximum Gasteiger partial charge on any atom is 0.410 e. The minimum atomic E-state index is -0.472. The van der Waals surface area contributed by atoms with Crippen molar-refractivity contribution in [2.45, 2.75) is 50.5 Å². The summed E-state index contributed by atoms with van der Waals surface area (Å²) in [5.74, 6) is 0.563. The summed E-state index contributed by atoms with van der Waals surface area (Å²) in [6, 6.07) is 10.4. The number of carbonyl (C=O) groups excluding carboxylic acids is 1. The van der Waals surface area contributed by atoms with Crippen LogP contribution in [-0.2, 0) is 11.3 Å². The van der Waals surface area contributed by atoms with Crippen LogP contribution in [0.2, 0.25) is 0 Å². The van der Waals surface area contributed by atoms with E-state index in [1.165, 1.54) is 5.56 Å². The van der Waals surface area contributed by atoms with Gasteiger partial charge in [0, 0.05) is 13.1 Å². The Kier molecular flexibility index (Phi) is 3.77. The molecule has 0 aliphatic carbocycles. The van der Waals surface area contributed by atoms with Gasteiger partial charge in [-0.3, -0.25) is 9.80 Å². The second-order valence-electron chi connectivity index (χ2n) is 6.97. The van der Waals surface area contributed by atoms with E-state index in [4.69, 9.17) is 4.74 Å². The van der Waals surface area contributed by atoms with Crippen LogP contribution >= 0.6 is 0 Å². The van der Waals surface area contributed by atoms with Crippen LogP contribution in [0.25, 0.3) is 0 Å². The van der Waals surface area contributed by atoms with Crippen molar-refractivity contribution in [2.24, 2.45) is 5.92 Å². The number of amides is 1. The molecule has 124 valence electrons. The molecule has 4 rings (SSSR count). The molecule has 1 unspecified atom stereocenters. The smallest absolute Gasteiger partial charge is 0.410 e. The van der Waals surface area contributed by atoms with E-state index in [-0.39, 0.29) is 24.2 Å². The maximum absolute atomic E-state index is 12.3. The van der Waals surface area contributed by atoms with Gasteiger partial charge < -0.3 is 9.84 Å². The first kappa shape index (κ1) is 15.0. The molecule has 3 aliphatic rings. The van der Waals surface area contributed by atoms with Gasteiger partial charge in [-0.05, 0) is 31.2 Å². The molecule has 0 saturated carbocycles. The topological polar surface area (TPSA) is 53.0 Å². The number of nitrogens with zero attached hydrogens (tertiary/aromatic N) is 2. The van der Waals surface area contributed by atoms with Gasteiger partial charge in [0.1, 0.15) is 0 Å². The highest BCUT2D eigenvalue weighted by Gasteiger charge is 2.59. The summed E-state index contributed by atoms with van der Waals surface area (Å²) in [5, 5.41) is 10.8. The third-order valence-electron chi connectivity index (χ3n) is 5.62. The largest absolute Gasteiger partial charge is 0.450 e. The number of ether oxygens (including phenoxy) is 1. The van der Waals surface area contributed by atoms with Crippen LogP contribution in [0.4, 0.5) is 4.79 Å². The standard InChI is InChI=1S/C18H24N2O3/c1-2-23-18(22)20-14-8-13-9-15(20)17(21)16(14)19(11-13)10-12-6-4-3-5-7-12/h3-7,13-17,21H,2,8-11H2,1H3/t13-,14+,15+,16?,17+/m1/s1. The summed E-state index contributed by atoms with van der Waals surface area (Å²) in [5.41, 5.74) is 1.26. The lowest BCUT2D eigenvalue weighted by Crippen LogP contribution is -2.57. The number of rotatable bonds is 3. The molecule has 1 N–H and O–H groups in total. The highest BCUT2D eigenvalue weighted by atomic mass is 16.6. The van der Waals surface area contributed by atoms with Gasteiger partial charge in [-0.1, -0.05) is 30.3 Å². The molecule has 3 heterocycles. The minimum Gasteiger partial charge on any atom is -0.450 e. The van der Waals surface area contributed by atoms with E-state index in [1.807, 2.05) is 30.0 Å². The quantitative estimate of drug-likeness (QED) is 0.925. The molecule has 0 aromatic heterocycles. The Hall–Kier alpha value is -1.59. The van der Waals surface area contributed by atoms with Crippen molar-refractivity contribution in [1.29, 1.82) is 0 Å². The summed E-state index contributed by atoms with van der Waals surface area (Å²) >= 11 is 0. The fourth-order valence-electron chi connectivity index (χ4n) is 4.83. The maximum atomic E-state index is 12.3. The number of piperidine rings is 2. The van der Waals surface area contributed by atoms with Crippen molar-refractivity contribution >= 4 is 6.09 Å². The summed E-state index contributed by atoms with van der Waals surface area (Å²) < 4.78 is 5.23. The average molecular weight is 316 g/mol. The average Bonchev–Trinajstić information content (AvgIpc) is 2.65. The predicted molar refractivity (Wildman–Crippen MR) is 85.8 cm³/mol. The van der Waals surface area contributed by atoms with Crippen LogP contribution in [0.5, 0.6) is 0 Å². The number of carbonyl (C=O) groups is 1. The number of aliphatic hydroxyl groups excluding tert-OH is 1. The lowest BCUT2D eigenvalue weighted by molar-refractivity contribution is 0.00753. The predicted octanol–water partition coefficient (Wildman–Crippen LogP) is 1.85. The Morgan fingerprint density at radius 3 is 2.74 bits per heavy atom. The Balaban J connectivity index is 1.58. The zero-order chi connectivity index (χ0) is 16.0. The molecule has 3 fully saturated rings. The van der Waals surface area contributed by atoms with Gasteiger partial charge in [-0.25, -0.2) is 4.79 Å². The van der Waals surface area contributed by atoms with Crippen LogP contribution in [-0.4, -0.2) is 58.4 Å². The molecule has 5 heteroatoms. The minimum absolute atomic E-state index is 0.0309. The van der Waals surface area contributed by atoms with Gasteiger partial charge in [-0.2, -0.15) is 0 Å². The molecule has 5 nitrogen and oxygen atoms in total. The summed E-state index contributed by atoms with van der Waals surface area (Å²) in [6.07, 6.45) is 1.14. The van der Waals surface area contributed by atoms with Gasteiger partial charge in [-0.15, -0.1) is 0 Å². The van der Waals surface area contributed by atoms with Crippen LogP contribution in [0.1, 0.15) is 25.3 Å². The van der Waals surface area contributed by atoms with E-state index in [0.717, 1.165) is 25.9 Å². The van der Waals surface area contributed by atoms with Gasteiger partial charge >= 0.3 is 6.09 Å². The second kappa shape index (κ2) is 5.80. The third-order valence-corrected chi connectivity index (χ3v) is 5.62. The first-order chi connectivity index (χ1) is 11.2. The van der Waals surface area contributed by atoms with E-state index >= 15 is 0 Å². The normalized spacial score (nSPS) is 35.6. The molecule has 0 spiro atoms. The Morgan fingerprint density at radius 2 is 2.00 bits per heavy atom. The first-order valence-corrected chi connectivity index (χ1v) is 8.60. The second-order valence-corrected chi connectivity index (χ2v) is 6.97. The lowest BCUT2D eigenvalue weighted by atomic mass is 9.86. The van der Waals surface area contributed by atoms with Gasteiger partial charge in [0.05, 0.1) is 30.8 Å². The molecule has 3 aliphatic heterocycles. The van der Waals surface area contributed by atoms with Gasteiger partial charge in [0.2, 0.25) is 0 Å². The zero-order valence-corrected chi connectivity index (χ0v) is 13.5. The molecule has 3 saturated heterocycles. The van der Waals surface area contributed by atoms with Gasteiger partial charge in [0.25, 0.3) is 0 Å². The highest BCUT2D eigenvalue weighted by Crippen LogP contribution is 2.46. The van der Waals surface area contributed by atoms with Crippen LogP contribution in [0.15, 0.2) is 30.3 Å². The Morgan fingerprint density at radius 1 is 1.26 bits per heavy atom. The van der Waals surface area contributed by atoms with Crippen molar-refractivity contribution in [3.63, 3.8) is 0 Å². The fraction of sp³-hybridized carbons (Fsp3) is 0.611. The summed E-state index contributed by atoms with van der Waals surface area (Å²) in [4.78, 5) is 16.5. The molecule has 1 aromatic carbocycles. The van der Waals surface area contributed by atoms with Crippen molar-refractivity contribution in [3.8, 4) is 0 Å².